The van der Waals surface area contributed by atoms with E-state index in [1.165, 1.54) is 0 Å². The van der Waals surface area contributed by atoms with Crippen LogP contribution in [0, 0.1) is 0 Å². The minimum absolute atomic E-state index is 0. The molecule has 1 heterocycles. The summed E-state index contributed by atoms with van der Waals surface area (Å²) in [5.41, 5.74) is 5.80. The molecule has 1 spiro atoms. The van der Waals surface area contributed by atoms with Gasteiger partial charge >= 0.3 is 0 Å². The Labute approximate surface area is 121 Å². The van der Waals surface area contributed by atoms with Gasteiger partial charge in [0.1, 0.15) is 0 Å². The Bertz CT molecular complexity index is 286. The lowest BCUT2D eigenvalue weighted by atomic mass is 9.90. The van der Waals surface area contributed by atoms with Gasteiger partial charge in [-0.1, -0.05) is 13.3 Å². The highest BCUT2D eigenvalue weighted by Gasteiger charge is 2.40. The molecule has 0 aromatic heterocycles. The fourth-order valence-corrected chi connectivity index (χ4v) is 2.74. The zero-order valence-corrected chi connectivity index (χ0v) is 12.3. The van der Waals surface area contributed by atoms with Crippen LogP contribution in [0.3, 0.4) is 0 Å². The summed E-state index contributed by atoms with van der Waals surface area (Å²) in [7, 11) is 0. The lowest BCUT2D eigenvalue weighted by Gasteiger charge is -2.35. The molecule has 6 heteroatoms. The molecule has 19 heavy (non-hydrogen) atoms. The van der Waals surface area contributed by atoms with E-state index in [-0.39, 0.29) is 36.2 Å². The molecule has 2 fully saturated rings. The van der Waals surface area contributed by atoms with Gasteiger partial charge in [-0.15, -0.1) is 12.4 Å². The van der Waals surface area contributed by atoms with Crippen LogP contribution < -0.4 is 11.1 Å². The molecule has 0 bridgehead atoms. The van der Waals surface area contributed by atoms with E-state index in [2.05, 4.69) is 5.32 Å². The highest BCUT2D eigenvalue weighted by molar-refractivity contribution is 5.85. The van der Waals surface area contributed by atoms with E-state index < -0.39 is 0 Å². The highest BCUT2D eigenvalue weighted by atomic mass is 35.5. The molecule has 1 atom stereocenters. The molecule has 2 rings (SSSR count). The zero-order chi connectivity index (χ0) is 13.0. The lowest BCUT2D eigenvalue weighted by molar-refractivity contribution is -0.180. The van der Waals surface area contributed by atoms with Gasteiger partial charge in [0.2, 0.25) is 5.91 Å². The van der Waals surface area contributed by atoms with Gasteiger partial charge in [-0.2, -0.15) is 0 Å². The number of amides is 1. The molecule has 1 saturated carbocycles. The van der Waals surface area contributed by atoms with Crippen molar-refractivity contribution in [2.75, 3.05) is 13.2 Å². The SMILES string of the molecule is CCCC(N)C(=O)NC1CCC2(CC1)OCCO2.Cl. The molecule has 1 unspecified atom stereocenters. The average Bonchev–Trinajstić information content (AvgIpc) is 2.81. The van der Waals surface area contributed by atoms with Gasteiger partial charge in [0.25, 0.3) is 0 Å². The maximum Gasteiger partial charge on any atom is 0.237 e. The zero-order valence-electron chi connectivity index (χ0n) is 11.5. The largest absolute Gasteiger partial charge is 0.352 e. The number of nitrogens with two attached hydrogens (primary N) is 1. The van der Waals surface area contributed by atoms with Crippen LogP contribution >= 0.6 is 12.4 Å². The van der Waals surface area contributed by atoms with Crippen molar-refractivity contribution < 1.29 is 14.3 Å². The fourth-order valence-electron chi connectivity index (χ4n) is 2.74. The van der Waals surface area contributed by atoms with Crippen molar-refractivity contribution in [3.63, 3.8) is 0 Å². The number of ether oxygens (including phenoxy) is 2. The summed E-state index contributed by atoms with van der Waals surface area (Å²) in [6.07, 6.45) is 5.22. The number of halogens is 1. The number of carbonyl (C=O) groups is 1. The topological polar surface area (TPSA) is 73.6 Å². The molecule has 0 radical (unpaired) electrons. The van der Waals surface area contributed by atoms with Crippen molar-refractivity contribution in [2.24, 2.45) is 5.73 Å². The molecular formula is C13H25ClN2O3. The fraction of sp³-hybridized carbons (Fsp3) is 0.923. The van der Waals surface area contributed by atoms with Crippen molar-refractivity contribution in [1.82, 2.24) is 5.32 Å². The minimum atomic E-state index is -0.370. The Balaban J connectivity index is 0.00000180. The Hall–Kier alpha value is -0.360. The monoisotopic (exact) mass is 292 g/mol. The first-order valence-electron chi connectivity index (χ1n) is 6.99. The van der Waals surface area contributed by atoms with E-state index in [4.69, 9.17) is 15.2 Å². The Morgan fingerprint density at radius 2 is 1.95 bits per heavy atom. The number of hydrogen-bond acceptors (Lipinski definition) is 4. The molecule has 1 amide bonds. The van der Waals surface area contributed by atoms with E-state index in [9.17, 15) is 4.79 Å². The van der Waals surface area contributed by atoms with Gasteiger partial charge < -0.3 is 20.5 Å². The normalized spacial score (nSPS) is 23.9. The maximum atomic E-state index is 11.8. The predicted molar refractivity (Wildman–Crippen MR) is 75.2 cm³/mol. The predicted octanol–water partition coefficient (Wildman–Crippen LogP) is 1.34. The third-order valence-corrected chi connectivity index (χ3v) is 3.84. The van der Waals surface area contributed by atoms with Gasteiger partial charge in [0.15, 0.2) is 5.79 Å². The minimum Gasteiger partial charge on any atom is -0.352 e. The summed E-state index contributed by atoms with van der Waals surface area (Å²) in [5, 5.41) is 3.03. The van der Waals surface area contributed by atoms with Crippen molar-refractivity contribution in [3.05, 3.63) is 0 Å². The molecule has 1 aliphatic carbocycles. The van der Waals surface area contributed by atoms with Gasteiger partial charge in [-0.3, -0.25) is 4.79 Å². The van der Waals surface area contributed by atoms with Crippen LogP contribution in [0.15, 0.2) is 0 Å². The van der Waals surface area contributed by atoms with E-state index >= 15 is 0 Å². The summed E-state index contributed by atoms with van der Waals surface area (Å²) >= 11 is 0. The summed E-state index contributed by atoms with van der Waals surface area (Å²) in [4.78, 5) is 11.8. The summed E-state index contributed by atoms with van der Waals surface area (Å²) < 4.78 is 11.3. The number of rotatable bonds is 4. The summed E-state index contributed by atoms with van der Waals surface area (Å²) in [5.74, 6) is -0.377. The third-order valence-electron chi connectivity index (χ3n) is 3.84. The van der Waals surface area contributed by atoms with Crippen LogP contribution in [0.25, 0.3) is 0 Å². The molecule has 112 valence electrons. The molecule has 1 aliphatic heterocycles. The van der Waals surface area contributed by atoms with Gasteiger partial charge in [0, 0.05) is 18.9 Å². The van der Waals surface area contributed by atoms with Crippen molar-refractivity contribution in [3.8, 4) is 0 Å². The quantitative estimate of drug-likeness (QED) is 0.820. The van der Waals surface area contributed by atoms with Crippen LogP contribution in [0.5, 0.6) is 0 Å². The Morgan fingerprint density at radius 1 is 1.37 bits per heavy atom. The number of hydrogen-bond donors (Lipinski definition) is 2. The van der Waals surface area contributed by atoms with Crippen LogP contribution in [-0.2, 0) is 14.3 Å². The van der Waals surface area contributed by atoms with Crippen molar-refractivity contribution in [2.45, 2.75) is 63.3 Å². The van der Waals surface area contributed by atoms with Crippen molar-refractivity contribution >= 4 is 18.3 Å². The third kappa shape index (κ3) is 4.31. The van der Waals surface area contributed by atoms with E-state index in [1.54, 1.807) is 0 Å². The van der Waals surface area contributed by atoms with Crippen LogP contribution in [0.4, 0.5) is 0 Å². The number of nitrogens with one attached hydrogen (secondary N) is 1. The van der Waals surface area contributed by atoms with Crippen LogP contribution in [0.1, 0.15) is 45.4 Å². The molecule has 0 aromatic rings. The maximum absolute atomic E-state index is 11.8. The molecule has 1 saturated heterocycles. The van der Waals surface area contributed by atoms with E-state index in [0.29, 0.717) is 13.2 Å². The standard InChI is InChI=1S/C13H24N2O3.ClH/c1-2-3-11(14)12(16)15-10-4-6-13(7-5-10)17-8-9-18-13;/h10-11H,2-9,14H2,1H3,(H,15,16);1H. The van der Waals surface area contributed by atoms with Crippen molar-refractivity contribution in [1.29, 1.82) is 0 Å². The first kappa shape index (κ1) is 16.7. The summed E-state index contributed by atoms with van der Waals surface area (Å²) in [6, 6.07) is -0.149. The molecule has 0 aromatic carbocycles. The van der Waals surface area contributed by atoms with Gasteiger partial charge in [-0.25, -0.2) is 0 Å². The second-order valence-electron chi connectivity index (χ2n) is 5.29. The van der Waals surface area contributed by atoms with Crippen LogP contribution in [0.2, 0.25) is 0 Å². The smallest absolute Gasteiger partial charge is 0.237 e. The highest BCUT2D eigenvalue weighted by Crippen LogP contribution is 2.35. The van der Waals surface area contributed by atoms with Crippen LogP contribution in [-0.4, -0.2) is 37.0 Å². The molecular weight excluding hydrogens is 268 g/mol. The van der Waals surface area contributed by atoms with E-state index in [1.807, 2.05) is 6.92 Å². The van der Waals surface area contributed by atoms with Gasteiger partial charge in [-0.05, 0) is 19.3 Å². The second-order valence-corrected chi connectivity index (χ2v) is 5.29. The Morgan fingerprint density at radius 3 is 2.47 bits per heavy atom. The molecule has 2 aliphatic rings. The number of carbonyl (C=O) groups excluding carboxylic acids is 1. The van der Waals surface area contributed by atoms with Gasteiger partial charge in [0.05, 0.1) is 19.3 Å². The summed E-state index contributed by atoms with van der Waals surface area (Å²) in [6.45, 7) is 3.42. The second kappa shape index (κ2) is 7.43. The molecule has 5 nitrogen and oxygen atoms in total. The first-order valence-corrected chi connectivity index (χ1v) is 6.99. The Kier molecular flexibility index (Phi) is 6.53. The lowest BCUT2D eigenvalue weighted by Crippen LogP contribution is -2.48. The average molecular weight is 293 g/mol. The first-order chi connectivity index (χ1) is 8.65. The molecule has 3 N–H and O–H groups in total. The van der Waals surface area contributed by atoms with E-state index in [0.717, 1.165) is 38.5 Å².